The predicted octanol–water partition coefficient (Wildman–Crippen LogP) is 4.27. The molecule has 78 valence electrons. The number of hydrogen-bond donors (Lipinski definition) is 1. The summed E-state index contributed by atoms with van der Waals surface area (Å²) >= 11 is 11.1. The van der Waals surface area contributed by atoms with E-state index in [1.54, 1.807) is 11.3 Å². The van der Waals surface area contributed by atoms with Crippen molar-refractivity contribution in [3.05, 3.63) is 33.1 Å². The lowest BCUT2D eigenvalue weighted by Crippen LogP contribution is -1.86. The topological polar surface area (TPSA) is 24.9 Å². The summed E-state index contributed by atoms with van der Waals surface area (Å²) in [6.07, 6.45) is 0. The van der Waals surface area contributed by atoms with E-state index >= 15 is 0 Å². The monoisotopic (exact) mass is 302 g/mol. The smallest absolute Gasteiger partial charge is 0.182 e. The first-order valence-corrected chi connectivity index (χ1v) is 6.34. The number of rotatable bonds is 2. The molecule has 5 heteroatoms. The minimum Gasteiger partial charge on any atom is -0.365 e. The fourth-order valence-electron chi connectivity index (χ4n) is 1.21. The Balaban J connectivity index is 2.44. The van der Waals surface area contributed by atoms with Crippen molar-refractivity contribution in [2.45, 2.75) is 0 Å². The number of halogens is 2. The van der Waals surface area contributed by atoms with Crippen LogP contribution in [0.2, 0.25) is 5.02 Å². The lowest BCUT2D eigenvalue weighted by molar-refractivity contribution is 1.36. The van der Waals surface area contributed by atoms with E-state index in [1.165, 1.54) is 0 Å². The molecule has 0 atom stereocenters. The fourth-order valence-corrected chi connectivity index (χ4v) is 2.65. The van der Waals surface area contributed by atoms with Gasteiger partial charge in [-0.15, -0.1) is 11.3 Å². The van der Waals surface area contributed by atoms with E-state index in [2.05, 4.69) is 26.2 Å². The molecular formula is C10H8BrClN2S. The van der Waals surface area contributed by atoms with E-state index in [1.807, 2.05) is 30.6 Å². The molecule has 0 radical (unpaired) electrons. The predicted molar refractivity (Wildman–Crippen MR) is 69.8 cm³/mol. The minimum absolute atomic E-state index is 0.706. The Kier molecular flexibility index (Phi) is 3.29. The number of nitrogens with one attached hydrogen (secondary N) is 1. The molecule has 0 amide bonds. The molecule has 0 bridgehead atoms. The SMILES string of the molecule is CNc1nc(-c2ccc(Br)cc2Cl)cs1. The van der Waals surface area contributed by atoms with Gasteiger partial charge in [-0.3, -0.25) is 0 Å². The number of benzene rings is 1. The van der Waals surface area contributed by atoms with Crippen LogP contribution in [0.4, 0.5) is 5.13 Å². The molecule has 1 N–H and O–H groups in total. The quantitative estimate of drug-likeness (QED) is 0.896. The van der Waals surface area contributed by atoms with Crippen molar-refractivity contribution in [2.75, 3.05) is 12.4 Å². The Labute approximate surface area is 105 Å². The van der Waals surface area contributed by atoms with E-state index in [-0.39, 0.29) is 0 Å². The molecule has 2 nitrogen and oxygen atoms in total. The van der Waals surface area contributed by atoms with Gasteiger partial charge in [-0.1, -0.05) is 33.6 Å². The van der Waals surface area contributed by atoms with Crippen molar-refractivity contribution in [3.63, 3.8) is 0 Å². The third kappa shape index (κ3) is 2.33. The molecule has 1 aromatic heterocycles. The molecule has 0 saturated carbocycles. The van der Waals surface area contributed by atoms with Crippen molar-refractivity contribution in [1.82, 2.24) is 4.98 Å². The van der Waals surface area contributed by atoms with Gasteiger partial charge in [-0.05, 0) is 12.1 Å². The van der Waals surface area contributed by atoms with Crippen molar-refractivity contribution < 1.29 is 0 Å². The molecule has 0 aliphatic carbocycles. The van der Waals surface area contributed by atoms with Gasteiger partial charge in [0.05, 0.1) is 10.7 Å². The van der Waals surface area contributed by atoms with Crippen molar-refractivity contribution in [1.29, 1.82) is 0 Å². The van der Waals surface area contributed by atoms with E-state index in [4.69, 9.17) is 11.6 Å². The Hall–Kier alpha value is -0.580. The van der Waals surface area contributed by atoms with Gasteiger partial charge in [-0.2, -0.15) is 0 Å². The molecule has 1 aromatic carbocycles. The maximum Gasteiger partial charge on any atom is 0.182 e. The van der Waals surface area contributed by atoms with Gasteiger partial charge in [0.2, 0.25) is 0 Å². The maximum absolute atomic E-state index is 6.13. The summed E-state index contributed by atoms with van der Waals surface area (Å²) in [6.45, 7) is 0. The molecule has 0 unspecified atom stereocenters. The molecule has 0 spiro atoms. The van der Waals surface area contributed by atoms with E-state index < -0.39 is 0 Å². The Morgan fingerprint density at radius 1 is 1.47 bits per heavy atom. The number of nitrogens with zero attached hydrogens (tertiary/aromatic N) is 1. The lowest BCUT2D eigenvalue weighted by Gasteiger charge is -2.00. The highest BCUT2D eigenvalue weighted by atomic mass is 79.9. The average molecular weight is 304 g/mol. The van der Waals surface area contributed by atoms with Crippen LogP contribution in [0, 0.1) is 0 Å². The number of anilines is 1. The molecule has 15 heavy (non-hydrogen) atoms. The second-order valence-corrected chi connectivity index (χ2v) is 5.09. The molecule has 0 fully saturated rings. The molecule has 2 rings (SSSR count). The van der Waals surface area contributed by atoms with Crippen LogP contribution in [0.15, 0.2) is 28.1 Å². The zero-order valence-electron chi connectivity index (χ0n) is 7.92. The van der Waals surface area contributed by atoms with Crippen molar-refractivity contribution >= 4 is 44.0 Å². The highest BCUT2D eigenvalue weighted by Gasteiger charge is 2.07. The number of aromatic nitrogens is 1. The van der Waals surface area contributed by atoms with Gasteiger partial charge in [0.1, 0.15) is 0 Å². The molecule has 0 aliphatic heterocycles. The second-order valence-electron chi connectivity index (χ2n) is 2.91. The molecule has 1 heterocycles. The summed E-state index contributed by atoms with van der Waals surface area (Å²) in [7, 11) is 1.85. The summed E-state index contributed by atoms with van der Waals surface area (Å²) in [5.41, 5.74) is 1.86. The van der Waals surface area contributed by atoms with Crippen LogP contribution in [0.3, 0.4) is 0 Å². The third-order valence-corrected chi connectivity index (χ3v) is 3.59. The van der Waals surface area contributed by atoms with Crippen LogP contribution in [0.5, 0.6) is 0 Å². The first-order valence-electron chi connectivity index (χ1n) is 4.29. The zero-order chi connectivity index (χ0) is 10.8. The molecular weight excluding hydrogens is 296 g/mol. The van der Waals surface area contributed by atoms with Crippen LogP contribution in [-0.2, 0) is 0 Å². The first kappa shape index (κ1) is 10.9. The van der Waals surface area contributed by atoms with Gasteiger partial charge in [-0.25, -0.2) is 4.98 Å². The summed E-state index contributed by atoms with van der Waals surface area (Å²) < 4.78 is 0.973. The summed E-state index contributed by atoms with van der Waals surface area (Å²) in [5, 5.41) is 6.59. The van der Waals surface area contributed by atoms with Crippen molar-refractivity contribution in [3.8, 4) is 11.3 Å². The highest BCUT2D eigenvalue weighted by Crippen LogP contribution is 2.32. The minimum atomic E-state index is 0.706. The number of hydrogen-bond acceptors (Lipinski definition) is 3. The van der Waals surface area contributed by atoms with Crippen LogP contribution in [-0.4, -0.2) is 12.0 Å². The van der Waals surface area contributed by atoms with E-state index in [0.717, 1.165) is 20.9 Å². The largest absolute Gasteiger partial charge is 0.365 e. The van der Waals surface area contributed by atoms with Crippen LogP contribution in [0.25, 0.3) is 11.3 Å². The fraction of sp³-hybridized carbons (Fsp3) is 0.100. The van der Waals surface area contributed by atoms with E-state index in [0.29, 0.717) is 5.02 Å². The summed E-state index contributed by atoms with van der Waals surface area (Å²) in [4.78, 5) is 4.40. The van der Waals surface area contributed by atoms with Crippen LogP contribution in [0.1, 0.15) is 0 Å². The Bertz CT molecular complexity index is 484. The summed E-state index contributed by atoms with van der Waals surface area (Å²) in [5.74, 6) is 0. The first-order chi connectivity index (χ1) is 7.20. The Morgan fingerprint density at radius 3 is 2.87 bits per heavy atom. The van der Waals surface area contributed by atoms with Crippen molar-refractivity contribution in [2.24, 2.45) is 0 Å². The lowest BCUT2D eigenvalue weighted by atomic mass is 10.2. The second kappa shape index (κ2) is 4.51. The average Bonchev–Trinajstić information content (AvgIpc) is 2.66. The van der Waals surface area contributed by atoms with Crippen LogP contribution < -0.4 is 5.32 Å². The zero-order valence-corrected chi connectivity index (χ0v) is 11.1. The number of thiazole rings is 1. The molecule has 0 aliphatic rings. The molecule has 0 saturated heterocycles. The Morgan fingerprint density at radius 2 is 2.27 bits per heavy atom. The normalized spacial score (nSPS) is 10.3. The van der Waals surface area contributed by atoms with E-state index in [9.17, 15) is 0 Å². The van der Waals surface area contributed by atoms with Crippen LogP contribution >= 0.6 is 38.9 Å². The third-order valence-electron chi connectivity index (χ3n) is 1.93. The molecule has 2 aromatic rings. The maximum atomic E-state index is 6.13. The standard InChI is InChI=1S/C10H8BrClN2S/c1-13-10-14-9(5-15-10)7-3-2-6(11)4-8(7)12/h2-5H,1H3,(H,13,14). The summed E-state index contributed by atoms with van der Waals surface area (Å²) in [6, 6.07) is 5.79. The van der Waals surface area contributed by atoms with Gasteiger partial charge < -0.3 is 5.32 Å². The highest BCUT2D eigenvalue weighted by molar-refractivity contribution is 9.10. The van der Waals surface area contributed by atoms with Gasteiger partial charge in [0.25, 0.3) is 0 Å². The van der Waals surface area contributed by atoms with Gasteiger partial charge in [0.15, 0.2) is 5.13 Å². The van der Waals surface area contributed by atoms with Gasteiger partial charge in [0, 0.05) is 22.5 Å². The van der Waals surface area contributed by atoms with Gasteiger partial charge >= 0.3 is 0 Å².